The van der Waals surface area contributed by atoms with Crippen LogP contribution in [0.4, 0.5) is 20.6 Å². The van der Waals surface area contributed by atoms with Gasteiger partial charge in [-0.15, -0.1) is 0 Å². The average Bonchev–Trinajstić information content (AvgIpc) is 3.08. The second-order valence-corrected chi connectivity index (χ2v) is 6.56. The number of amides is 3. The zero-order valence-electron chi connectivity index (χ0n) is 14.6. The van der Waals surface area contributed by atoms with E-state index in [1.54, 1.807) is 11.8 Å². The van der Waals surface area contributed by atoms with Crippen molar-refractivity contribution < 1.29 is 23.2 Å². The average molecular weight is 375 g/mol. The van der Waals surface area contributed by atoms with Gasteiger partial charge in [-0.2, -0.15) is 4.98 Å². The number of rotatable bonds is 2. The van der Waals surface area contributed by atoms with Crippen LogP contribution in [0.15, 0.2) is 16.7 Å². The number of anilines is 2. The van der Waals surface area contributed by atoms with Gasteiger partial charge in [-0.3, -0.25) is 4.79 Å². The predicted octanol–water partition coefficient (Wildman–Crippen LogP) is 2.26. The van der Waals surface area contributed by atoms with Crippen molar-refractivity contribution in [2.75, 3.05) is 30.3 Å². The minimum absolute atomic E-state index is 0.00472. The van der Waals surface area contributed by atoms with Crippen molar-refractivity contribution in [3.63, 3.8) is 0 Å². The summed E-state index contributed by atoms with van der Waals surface area (Å²) in [5.74, 6) is 0.0133. The molecule has 1 saturated heterocycles. The quantitative estimate of drug-likeness (QED) is 0.833. The molecule has 1 fully saturated rings. The van der Waals surface area contributed by atoms with Gasteiger partial charge in [-0.1, -0.05) is 5.16 Å². The number of carbonyl (C=O) groups is 2. The number of piperidine rings is 1. The highest BCUT2D eigenvalue weighted by atomic mass is 19.1. The lowest BCUT2D eigenvalue weighted by atomic mass is 9.98. The maximum Gasteiger partial charge on any atom is 0.321 e. The summed E-state index contributed by atoms with van der Waals surface area (Å²) in [5.41, 5.74) is 0.430. The molecule has 3 amide bonds. The first-order valence-electron chi connectivity index (χ1n) is 8.62. The second-order valence-electron chi connectivity index (χ2n) is 6.56. The smallest absolute Gasteiger partial charge is 0.321 e. The summed E-state index contributed by atoms with van der Waals surface area (Å²) < 4.78 is 24.3. The molecule has 2 N–H and O–H groups in total. The third kappa shape index (κ3) is 3.55. The van der Waals surface area contributed by atoms with Gasteiger partial charge < -0.3 is 24.8 Å². The van der Waals surface area contributed by atoms with Gasteiger partial charge in [0, 0.05) is 37.7 Å². The number of benzene rings is 1. The van der Waals surface area contributed by atoms with Gasteiger partial charge in [0.25, 0.3) is 5.91 Å². The number of nitrogens with zero attached hydrogens (tertiary/aromatic N) is 3. The highest BCUT2D eigenvalue weighted by Gasteiger charge is 2.28. The molecule has 2 aliphatic rings. The summed E-state index contributed by atoms with van der Waals surface area (Å²) in [4.78, 5) is 29.9. The summed E-state index contributed by atoms with van der Waals surface area (Å²) in [6, 6.07) is 2.28. The van der Waals surface area contributed by atoms with E-state index in [9.17, 15) is 14.0 Å². The van der Waals surface area contributed by atoms with Crippen molar-refractivity contribution >= 4 is 23.3 Å². The molecular weight excluding hydrogens is 357 g/mol. The van der Waals surface area contributed by atoms with Crippen LogP contribution >= 0.6 is 0 Å². The normalized spacial score (nSPS) is 19.1. The zero-order valence-corrected chi connectivity index (χ0v) is 14.6. The first-order chi connectivity index (χ1) is 13.0. The van der Waals surface area contributed by atoms with E-state index in [-0.39, 0.29) is 41.6 Å². The number of halogens is 1. The Balaban J connectivity index is 1.46. The number of aryl methyl sites for hydroxylation is 1. The highest BCUT2D eigenvalue weighted by Crippen LogP contribution is 2.34. The van der Waals surface area contributed by atoms with Crippen LogP contribution in [0.1, 0.15) is 30.5 Å². The van der Waals surface area contributed by atoms with Crippen LogP contribution in [-0.2, 0) is 4.79 Å². The fourth-order valence-electron chi connectivity index (χ4n) is 3.28. The molecule has 2 aliphatic heterocycles. The molecule has 0 bridgehead atoms. The van der Waals surface area contributed by atoms with Crippen LogP contribution in [0.5, 0.6) is 5.75 Å². The maximum atomic E-state index is 14.2. The molecule has 10 heteroatoms. The van der Waals surface area contributed by atoms with Gasteiger partial charge in [0.05, 0.1) is 5.69 Å². The summed E-state index contributed by atoms with van der Waals surface area (Å²) >= 11 is 0. The van der Waals surface area contributed by atoms with Crippen LogP contribution in [0.25, 0.3) is 0 Å². The van der Waals surface area contributed by atoms with Crippen molar-refractivity contribution in [2.24, 2.45) is 0 Å². The van der Waals surface area contributed by atoms with Crippen LogP contribution in [0, 0.1) is 12.7 Å². The third-order valence-corrected chi connectivity index (χ3v) is 4.53. The van der Waals surface area contributed by atoms with E-state index in [0.29, 0.717) is 24.8 Å². The van der Waals surface area contributed by atoms with Crippen molar-refractivity contribution in [2.45, 2.75) is 25.7 Å². The van der Waals surface area contributed by atoms with Crippen LogP contribution < -0.4 is 15.4 Å². The Morgan fingerprint density at radius 1 is 1.44 bits per heavy atom. The van der Waals surface area contributed by atoms with Crippen LogP contribution in [0.2, 0.25) is 0 Å². The zero-order chi connectivity index (χ0) is 19.0. The maximum absolute atomic E-state index is 14.2. The monoisotopic (exact) mass is 375 g/mol. The Hall–Kier alpha value is -3.17. The largest absolute Gasteiger partial charge is 0.478 e. The van der Waals surface area contributed by atoms with Gasteiger partial charge in [-0.25, -0.2) is 9.18 Å². The number of nitrogens with one attached hydrogen (secondary N) is 2. The van der Waals surface area contributed by atoms with E-state index in [1.807, 2.05) is 0 Å². The number of hydrogen-bond donors (Lipinski definition) is 2. The first kappa shape index (κ1) is 17.3. The molecule has 3 heterocycles. The Morgan fingerprint density at radius 3 is 3.07 bits per heavy atom. The number of likely N-dealkylation sites (tertiary alicyclic amines) is 1. The molecule has 142 valence electrons. The number of urea groups is 1. The third-order valence-electron chi connectivity index (χ3n) is 4.53. The molecule has 0 saturated carbocycles. The first-order valence-corrected chi connectivity index (χ1v) is 8.62. The number of aromatic nitrogens is 2. The van der Waals surface area contributed by atoms with Crippen molar-refractivity contribution in [3.8, 4) is 5.75 Å². The lowest BCUT2D eigenvalue weighted by molar-refractivity contribution is -0.118. The Bertz CT molecular complexity index is 899. The molecule has 1 unspecified atom stereocenters. The number of ether oxygens (including phenoxy) is 1. The molecule has 9 nitrogen and oxygen atoms in total. The molecule has 1 aromatic heterocycles. The number of fused-ring (bicyclic) bond motifs is 1. The Kier molecular flexibility index (Phi) is 4.38. The molecule has 0 radical (unpaired) electrons. The van der Waals surface area contributed by atoms with Gasteiger partial charge in [0.2, 0.25) is 5.89 Å². The van der Waals surface area contributed by atoms with Crippen molar-refractivity contribution in [1.29, 1.82) is 0 Å². The highest BCUT2D eigenvalue weighted by molar-refractivity contribution is 5.97. The summed E-state index contributed by atoms with van der Waals surface area (Å²) in [5, 5.41) is 9.14. The number of hydrogen-bond acceptors (Lipinski definition) is 6. The minimum Gasteiger partial charge on any atom is -0.478 e. The minimum atomic E-state index is -0.651. The molecule has 4 rings (SSSR count). The van der Waals surface area contributed by atoms with Gasteiger partial charge in [0.15, 0.2) is 24.0 Å². The van der Waals surface area contributed by atoms with Crippen LogP contribution in [0.3, 0.4) is 0 Å². The molecule has 2 aromatic rings. The fourth-order valence-corrected chi connectivity index (χ4v) is 3.28. The fraction of sp³-hybridized carbons (Fsp3) is 0.412. The number of carbonyl (C=O) groups excluding carboxylic acids is 2. The van der Waals surface area contributed by atoms with Crippen molar-refractivity contribution in [1.82, 2.24) is 15.0 Å². The standard InChI is InChI=1S/C17H18FN5O4/c1-9-19-16(22-27-9)10-3-2-4-23(7-10)17(25)20-11-5-12(18)15-13(6-11)21-14(24)8-26-15/h5-6,10H,2-4,7-8H2,1H3,(H,20,25)(H,21,24). The summed E-state index contributed by atoms with van der Waals surface area (Å²) in [6.45, 7) is 2.50. The van der Waals surface area contributed by atoms with Crippen LogP contribution in [-0.4, -0.2) is 46.7 Å². The van der Waals surface area contributed by atoms with E-state index in [1.165, 1.54) is 6.07 Å². The van der Waals surface area contributed by atoms with E-state index in [0.717, 1.165) is 18.9 Å². The van der Waals surface area contributed by atoms with Crippen molar-refractivity contribution in [3.05, 3.63) is 29.7 Å². The summed E-state index contributed by atoms with van der Waals surface area (Å²) in [6.07, 6.45) is 1.66. The molecule has 0 aliphatic carbocycles. The van der Waals surface area contributed by atoms with Gasteiger partial charge in [0.1, 0.15) is 0 Å². The molecule has 1 atom stereocenters. The molecule has 27 heavy (non-hydrogen) atoms. The predicted molar refractivity (Wildman–Crippen MR) is 92.1 cm³/mol. The Labute approximate surface area is 153 Å². The topological polar surface area (TPSA) is 110 Å². The lowest BCUT2D eigenvalue weighted by Crippen LogP contribution is -2.41. The lowest BCUT2D eigenvalue weighted by Gasteiger charge is -2.31. The molecule has 1 aromatic carbocycles. The second kappa shape index (κ2) is 6.86. The van der Waals surface area contributed by atoms with E-state index >= 15 is 0 Å². The van der Waals surface area contributed by atoms with E-state index in [2.05, 4.69) is 20.8 Å². The molecular formula is C17H18FN5O4. The SMILES string of the molecule is Cc1nc(C2CCCN(C(=O)Nc3cc(F)c4c(c3)NC(=O)CO4)C2)no1. The molecule has 0 spiro atoms. The van der Waals surface area contributed by atoms with Gasteiger partial charge >= 0.3 is 6.03 Å². The van der Waals surface area contributed by atoms with E-state index < -0.39 is 5.82 Å². The summed E-state index contributed by atoms with van der Waals surface area (Å²) in [7, 11) is 0. The van der Waals surface area contributed by atoms with Gasteiger partial charge in [-0.05, 0) is 18.9 Å². The van der Waals surface area contributed by atoms with E-state index in [4.69, 9.17) is 9.26 Å². The Morgan fingerprint density at radius 2 is 2.30 bits per heavy atom.